The highest BCUT2D eigenvalue weighted by Gasteiger charge is 1.99. The van der Waals surface area contributed by atoms with Crippen molar-refractivity contribution in [3.05, 3.63) is 23.7 Å². The van der Waals surface area contributed by atoms with Gasteiger partial charge in [0.25, 0.3) is 0 Å². The molecule has 0 aliphatic carbocycles. The van der Waals surface area contributed by atoms with E-state index in [-0.39, 0.29) is 0 Å². The van der Waals surface area contributed by atoms with E-state index < -0.39 is 0 Å². The van der Waals surface area contributed by atoms with Gasteiger partial charge >= 0.3 is 0 Å². The lowest BCUT2D eigenvalue weighted by Crippen LogP contribution is -2.16. The summed E-state index contributed by atoms with van der Waals surface area (Å²) in [6.45, 7) is 6.21. The first-order valence-electron chi connectivity index (χ1n) is 4.08. The zero-order chi connectivity index (χ0) is 8.10. The van der Waals surface area contributed by atoms with Crippen molar-refractivity contribution in [1.29, 1.82) is 0 Å². The second-order valence-electron chi connectivity index (χ2n) is 2.63. The van der Waals surface area contributed by atoms with Gasteiger partial charge in [0.15, 0.2) is 0 Å². The van der Waals surface area contributed by atoms with Gasteiger partial charge in [-0.3, -0.25) is 0 Å². The molecule has 0 bridgehead atoms. The summed E-state index contributed by atoms with van der Waals surface area (Å²) in [6, 6.07) is 2.00. The molecule has 0 aliphatic rings. The van der Waals surface area contributed by atoms with E-state index in [4.69, 9.17) is 4.42 Å². The first-order valence-corrected chi connectivity index (χ1v) is 4.08. The van der Waals surface area contributed by atoms with Crippen LogP contribution < -0.4 is 5.32 Å². The quantitative estimate of drug-likeness (QED) is 0.666. The summed E-state index contributed by atoms with van der Waals surface area (Å²) in [5.74, 6) is 1.10. The van der Waals surface area contributed by atoms with Crippen molar-refractivity contribution in [2.24, 2.45) is 0 Å². The highest BCUT2D eigenvalue weighted by atomic mass is 16.3. The van der Waals surface area contributed by atoms with Crippen molar-refractivity contribution in [2.45, 2.75) is 20.3 Å². The summed E-state index contributed by atoms with van der Waals surface area (Å²) in [5, 5.41) is 3.25. The molecule has 1 aromatic rings. The van der Waals surface area contributed by atoms with Gasteiger partial charge in [-0.15, -0.1) is 0 Å². The zero-order valence-electron chi connectivity index (χ0n) is 7.18. The molecule has 0 aromatic carbocycles. The Labute approximate surface area is 67.6 Å². The monoisotopic (exact) mass is 153 g/mol. The molecule has 0 atom stereocenters. The maximum atomic E-state index is 5.27. The van der Waals surface area contributed by atoms with Crippen molar-refractivity contribution < 1.29 is 4.42 Å². The van der Waals surface area contributed by atoms with Crippen LogP contribution in [0.25, 0.3) is 0 Å². The molecule has 11 heavy (non-hydrogen) atoms. The van der Waals surface area contributed by atoms with Gasteiger partial charge in [-0.1, -0.05) is 6.92 Å². The zero-order valence-corrected chi connectivity index (χ0v) is 7.18. The predicted molar refractivity (Wildman–Crippen MR) is 45.7 cm³/mol. The first kappa shape index (κ1) is 8.34. The third-order valence-corrected chi connectivity index (χ3v) is 1.75. The van der Waals surface area contributed by atoms with Gasteiger partial charge in [0, 0.05) is 13.0 Å². The molecule has 0 amide bonds. The van der Waals surface area contributed by atoms with Crippen molar-refractivity contribution >= 4 is 0 Å². The van der Waals surface area contributed by atoms with Crippen LogP contribution in [-0.2, 0) is 6.42 Å². The van der Waals surface area contributed by atoms with Crippen LogP contribution in [0.4, 0.5) is 0 Å². The van der Waals surface area contributed by atoms with E-state index in [1.54, 1.807) is 6.26 Å². The molecule has 0 saturated carbocycles. The lowest BCUT2D eigenvalue weighted by atomic mass is 10.2. The molecule has 1 heterocycles. The predicted octanol–water partition coefficient (Wildman–Crippen LogP) is 1.74. The molecule has 0 radical (unpaired) electrons. The Kier molecular flexibility index (Phi) is 3.17. The molecular weight excluding hydrogens is 138 g/mol. The first-order chi connectivity index (χ1) is 5.34. The van der Waals surface area contributed by atoms with E-state index in [0.29, 0.717) is 0 Å². The van der Waals surface area contributed by atoms with E-state index in [2.05, 4.69) is 19.2 Å². The molecule has 1 rings (SSSR count). The fraction of sp³-hybridized carbons (Fsp3) is 0.556. The van der Waals surface area contributed by atoms with E-state index in [9.17, 15) is 0 Å². The van der Waals surface area contributed by atoms with Gasteiger partial charge in [-0.05, 0) is 25.1 Å². The van der Waals surface area contributed by atoms with Gasteiger partial charge < -0.3 is 9.73 Å². The number of nitrogens with one attached hydrogen (secondary N) is 1. The summed E-state index contributed by atoms with van der Waals surface area (Å²) in [7, 11) is 0. The van der Waals surface area contributed by atoms with Crippen LogP contribution >= 0.6 is 0 Å². The minimum atomic E-state index is 0.993. The van der Waals surface area contributed by atoms with E-state index >= 15 is 0 Å². The van der Waals surface area contributed by atoms with Gasteiger partial charge in [0.05, 0.1) is 6.26 Å². The number of likely N-dealkylation sites (N-methyl/N-ethyl adjacent to an activating group) is 1. The van der Waals surface area contributed by atoms with Crippen molar-refractivity contribution in [1.82, 2.24) is 5.32 Å². The maximum absolute atomic E-state index is 5.27. The second-order valence-corrected chi connectivity index (χ2v) is 2.63. The lowest BCUT2D eigenvalue weighted by Gasteiger charge is -1.98. The highest BCUT2D eigenvalue weighted by Crippen LogP contribution is 2.08. The minimum Gasteiger partial charge on any atom is -0.469 e. The Bertz CT molecular complexity index is 205. The average molecular weight is 153 g/mol. The molecule has 0 saturated heterocycles. The third kappa shape index (κ3) is 2.39. The van der Waals surface area contributed by atoms with Gasteiger partial charge in [-0.25, -0.2) is 0 Å². The fourth-order valence-electron chi connectivity index (χ4n) is 1.04. The van der Waals surface area contributed by atoms with Gasteiger partial charge in [-0.2, -0.15) is 0 Å². The average Bonchev–Trinajstić information content (AvgIpc) is 2.37. The highest BCUT2D eigenvalue weighted by molar-refractivity contribution is 5.14. The summed E-state index contributed by atoms with van der Waals surface area (Å²) in [5.41, 5.74) is 1.25. The Morgan fingerprint density at radius 3 is 2.91 bits per heavy atom. The topological polar surface area (TPSA) is 25.2 Å². The molecule has 0 fully saturated rings. The van der Waals surface area contributed by atoms with E-state index in [0.717, 1.165) is 25.3 Å². The van der Waals surface area contributed by atoms with Crippen LogP contribution in [0.1, 0.15) is 18.2 Å². The van der Waals surface area contributed by atoms with E-state index in [1.165, 1.54) is 5.56 Å². The molecule has 2 nitrogen and oxygen atoms in total. The van der Waals surface area contributed by atoms with Crippen LogP contribution in [0.3, 0.4) is 0 Å². The number of aryl methyl sites for hydroxylation is 1. The van der Waals surface area contributed by atoms with Crippen LogP contribution in [0.15, 0.2) is 16.7 Å². The maximum Gasteiger partial charge on any atom is 0.107 e. The molecule has 2 heteroatoms. The molecule has 0 unspecified atom stereocenters. The standard InChI is InChI=1S/C9H15NO/c1-3-10-6-4-9-8(2)5-7-11-9/h5,7,10H,3-4,6H2,1-2H3. The van der Waals surface area contributed by atoms with Crippen molar-refractivity contribution in [2.75, 3.05) is 13.1 Å². The summed E-state index contributed by atoms with van der Waals surface area (Å²) in [6.07, 6.45) is 2.74. The van der Waals surface area contributed by atoms with Gasteiger partial charge in [0.2, 0.25) is 0 Å². The number of hydrogen-bond donors (Lipinski definition) is 1. The smallest absolute Gasteiger partial charge is 0.107 e. The summed E-state index contributed by atoms with van der Waals surface area (Å²) >= 11 is 0. The fourth-order valence-corrected chi connectivity index (χ4v) is 1.04. The second kappa shape index (κ2) is 4.19. The molecule has 62 valence electrons. The number of furan rings is 1. The molecule has 1 N–H and O–H groups in total. The Morgan fingerprint density at radius 2 is 2.36 bits per heavy atom. The van der Waals surface area contributed by atoms with Crippen LogP contribution in [0.2, 0.25) is 0 Å². The Morgan fingerprint density at radius 1 is 1.55 bits per heavy atom. The molecule has 1 aromatic heterocycles. The minimum absolute atomic E-state index is 0.993. The Balaban J connectivity index is 2.32. The summed E-state index contributed by atoms with van der Waals surface area (Å²) < 4.78 is 5.27. The van der Waals surface area contributed by atoms with Crippen LogP contribution in [0, 0.1) is 6.92 Å². The van der Waals surface area contributed by atoms with Crippen LogP contribution in [-0.4, -0.2) is 13.1 Å². The number of hydrogen-bond acceptors (Lipinski definition) is 2. The number of rotatable bonds is 4. The SMILES string of the molecule is CCNCCc1occc1C. The van der Waals surface area contributed by atoms with Crippen molar-refractivity contribution in [3.63, 3.8) is 0 Å². The van der Waals surface area contributed by atoms with Gasteiger partial charge in [0.1, 0.15) is 5.76 Å². The lowest BCUT2D eigenvalue weighted by molar-refractivity contribution is 0.498. The molecule has 0 aliphatic heterocycles. The van der Waals surface area contributed by atoms with Crippen molar-refractivity contribution in [3.8, 4) is 0 Å². The largest absolute Gasteiger partial charge is 0.469 e. The molecular formula is C9H15NO. The summed E-state index contributed by atoms with van der Waals surface area (Å²) in [4.78, 5) is 0. The van der Waals surface area contributed by atoms with E-state index in [1.807, 2.05) is 6.07 Å². The van der Waals surface area contributed by atoms with Crippen LogP contribution in [0.5, 0.6) is 0 Å². The Hall–Kier alpha value is -0.760. The normalized spacial score (nSPS) is 10.4. The molecule has 0 spiro atoms. The third-order valence-electron chi connectivity index (χ3n) is 1.75.